The summed E-state index contributed by atoms with van der Waals surface area (Å²) in [6.45, 7) is 2.31. The molecule has 3 rings (SSSR count). The second-order valence-electron chi connectivity index (χ2n) is 4.29. The molecule has 18 heavy (non-hydrogen) atoms. The number of aliphatic hydroxyl groups is 1. The van der Waals surface area contributed by atoms with Crippen molar-refractivity contribution in [2.24, 2.45) is 4.99 Å². The normalized spacial score (nSPS) is 18.3. The van der Waals surface area contributed by atoms with E-state index in [-0.39, 0.29) is 5.88 Å². The lowest BCUT2D eigenvalue weighted by molar-refractivity contribution is 0.211. The average Bonchev–Trinajstić information content (AvgIpc) is 2.96. The van der Waals surface area contributed by atoms with Gasteiger partial charge in [-0.25, -0.2) is 0 Å². The number of benzene rings is 1. The first kappa shape index (κ1) is 12.1. The summed E-state index contributed by atoms with van der Waals surface area (Å²) in [7, 11) is 0. The first-order chi connectivity index (χ1) is 8.78. The van der Waals surface area contributed by atoms with E-state index in [1.54, 1.807) is 11.8 Å². The van der Waals surface area contributed by atoms with Crippen molar-refractivity contribution < 1.29 is 5.11 Å². The van der Waals surface area contributed by atoms with Gasteiger partial charge in [-0.2, -0.15) is 0 Å². The molecule has 2 heterocycles. The fourth-order valence-corrected chi connectivity index (χ4v) is 3.22. The quantitative estimate of drug-likeness (QED) is 0.830. The number of aliphatic hydroxyl groups excluding tert-OH is 1. The molecule has 96 valence electrons. The van der Waals surface area contributed by atoms with Gasteiger partial charge in [0.15, 0.2) is 5.17 Å². The Kier molecular flexibility index (Phi) is 3.37. The Morgan fingerprint density at radius 3 is 3.28 bits per heavy atom. The van der Waals surface area contributed by atoms with Crippen LogP contribution in [-0.2, 0) is 0 Å². The molecule has 0 aliphatic carbocycles. The largest absolute Gasteiger partial charge is 0.390 e. The van der Waals surface area contributed by atoms with Gasteiger partial charge in [0, 0.05) is 23.7 Å². The number of anilines is 2. The van der Waals surface area contributed by atoms with E-state index < -0.39 is 6.10 Å². The van der Waals surface area contributed by atoms with Crippen molar-refractivity contribution in [2.45, 2.75) is 11.0 Å². The van der Waals surface area contributed by atoms with Crippen LogP contribution in [0.3, 0.4) is 0 Å². The number of nitrogens with zero attached hydrogens (tertiary/aromatic N) is 2. The van der Waals surface area contributed by atoms with Gasteiger partial charge >= 0.3 is 0 Å². The van der Waals surface area contributed by atoms with Gasteiger partial charge in [-0.15, -0.1) is 11.6 Å². The SMILES string of the molecule is OC(CCl)CNc1ccc2c(c1)N1CCN=C1S2. The summed E-state index contributed by atoms with van der Waals surface area (Å²) < 4.78 is 0. The third-order valence-electron chi connectivity index (χ3n) is 2.97. The molecule has 1 aromatic carbocycles. The predicted molar refractivity (Wildman–Crippen MR) is 77.2 cm³/mol. The zero-order chi connectivity index (χ0) is 12.5. The third-order valence-corrected chi connectivity index (χ3v) is 4.43. The van der Waals surface area contributed by atoms with E-state index in [0.29, 0.717) is 6.54 Å². The molecule has 0 saturated carbocycles. The summed E-state index contributed by atoms with van der Waals surface area (Å²) in [4.78, 5) is 7.94. The molecule has 1 aromatic rings. The van der Waals surface area contributed by atoms with E-state index in [0.717, 1.165) is 23.9 Å². The number of hydrogen-bond donors (Lipinski definition) is 2. The summed E-state index contributed by atoms with van der Waals surface area (Å²) in [6.07, 6.45) is -0.516. The number of thioether (sulfide) groups is 1. The van der Waals surface area contributed by atoms with Crippen LogP contribution >= 0.6 is 23.4 Å². The lowest BCUT2D eigenvalue weighted by Crippen LogP contribution is -2.22. The number of amidine groups is 1. The summed E-state index contributed by atoms with van der Waals surface area (Å²) in [5.41, 5.74) is 2.22. The first-order valence-corrected chi connectivity index (χ1v) is 7.25. The molecule has 0 saturated heterocycles. The molecule has 1 unspecified atom stereocenters. The standard InChI is InChI=1S/C12H14ClN3OS/c13-6-9(17)7-15-8-1-2-11-10(5-8)16-4-3-14-12(16)18-11/h1-2,5,9,15,17H,3-4,6-7H2. The van der Waals surface area contributed by atoms with Crippen LogP contribution in [-0.4, -0.2) is 41.9 Å². The Morgan fingerprint density at radius 1 is 1.56 bits per heavy atom. The van der Waals surface area contributed by atoms with Crippen molar-refractivity contribution in [3.63, 3.8) is 0 Å². The molecule has 2 aliphatic heterocycles. The van der Waals surface area contributed by atoms with Crippen LogP contribution in [0.5, 0.6) is 0 Å². The Morgan fingerprint density at radius 2 is 2.44 bits per heavy atom. The van der Waals surface area contributed by atoms with Crippen molar-refractivity contribution in [3.05, 3.63) is 18.2 Å². The number of aliphatic imine (C=N–C) groups is 1. The molecule has 0 bridgehead atoms. The topological polar surface area (TPSA) is 47.9 Å². The second kappa shape index (κ2) is 4.99. The summed E-state index contributed by atoms with van der Waals surface area (Å²) in [5.74, 6) is 0.247. The molecule has 0 radical (unpaired) electrons. The highest BCUT2D eigenvalue weighted by molar-refractivity contribution is 8.14. The second-order valence-corrected chi connectivity index (χ2v) is 5.61. The maximum Gasteiger partial charge on any atom is 0.168 e. The fourth-order valence-electron chi connectivity index (χ4n) is 2.05. The number of fused-ring (bicyclic) bond motifs is 3. The number of alkyl halides is 1. The highest BCUT2D eigenvalue weighted by Gasteiger charge is 2.29. The maximum absolute atomic E-state index is 9.43. The van der Waals surface area contributed by atoms with Crippen molar-refractivity contribution in [1.82, 2.24) is 0 Å². The third kappa shape index (κ3) is 2.18. The van der Waals surface area contributed by atoms with Crippen LogP contribution in [0.25, 0.3) is 0 Å². The van der Waals surface area contributed by atoms with Gasteiger partial charge in [0.2, 0.25) is 0 Å². The number of nitrogens with one attached hydrogen (secondary N) is 1. The van der Waals surface area contributed by atoms with Crippen LogP contribution in [0, 0.1) is 0 Å². The molecular formula is C12H14ClN3OS. The van der Waals surface area contributed by atoms with Crippen LogP contribution in [0.2, 0.25) is 0 Å². The van der Waals surface area contributed by atoms with Crippen molar-refractivity contribution >= 4 is 39.9 Å². The maximum atomic E-state index is 9.43. The van der Waals surface area contributed by atoms with Gasteiger partial charge in [-0.3, -0.25) is 4.99 Å². The molecule has 0 spiro atoms. The summed E-state index contributed by atoms with van der Waals surface area (Å²) in [6, 6.07) is 6.23. The van der Waals surface area contributed by atoms with Crippen LogP contribution in [0.1, 0.15) is 0 Å². The van der Waals surface area contributed by atoms with Gasteiger partial charge in [0.1, 0.15) is 0 Å². The minimum Gasteiger partial charge on any atom is -0.390 e. The van der Waals surface area contributed by atoms with Crippen LogP contribution in [0.15, 0.2) is 28.1 Å². The Hall–Kier alpha value is -0.910. The number of hydrogen-bond acceptors (Lipinski definition) is 5. The predicted octanol–water partition coefficient (Wildman–Crippen LogP) is 1.98. The highest BCUT2D eigenvalue weighted by atomic mass is 35.5. The van der Waals surface area contributed by atoms with E-state index in [1.165, 1.54) is 10.6 Å². The van der Waals surface area contributed by atoms with Gasteiger partial charge in [0.25, 0.3) is 0 Å². The number of halogens is 1. The minimum atomic E-state index is -0.516. The van der Waals surface area contributed by atoms with Gasteiger partial charge in [0.05, 0.1) is 24.2 Å². The molecule has 4 nitrogen and oxygen atoms in total. The average molecular weight is 284 g/mol. The lowest BCUT2D eigenvalue weighted by atomic mass is 10.2. The monoisotopic (exact) mass is 283 g/mol. The van der Waals surface area contributed by atoms with E-state index in [9.17, 15) is 5.11 Å². The Bertz CT molecular complexity index is 494. The van der Waals surface area contributed by atoms with Gasteiger partial charge in [-0.1, -0.05) is 0 Å². The van der Waals surface area contributed by atoms with Crippen molar-refractivity contribution in [1.29, 1.82) is 0 Å². The fraction of sp³-hybridized carbons (Fsp3) is 0.417. The Labute approximate surface area is 115 Å². The van der Waals surface area contributed by atoms with Gasteiger partial charge in [-0.05, 0) is 30.0 Å². The Balaban J connectivity index is 1.76. The highest BCUT2D eigenvalue weighted by Crippen LogP contribution is 2.43. The lowest BCUT2D eigenvalue weighted by Gasteiger charge is -2.15. The van der Waals surface area contributed by atoms with E-state index in [4.69, 9.17) is 11.6 Å². The molecule has 6 heteroatoms. The zero-order valence-corrected chi connectivity index (χ0v) is 11.3. The van der Waals surface area contributed by atoms with Crippen molar-refractivity contribution in [2.75, 3.05) is 35.7 Å². The molecule has 0 fully saturated rings. The van der Waals surface area contributed by atoms with E-state index in [2.05, 4.69) is 27.3 Å². The number of rotatable bonds is 4. The molecular weight excluding hydrogens is 270 g/mol. The van der Waals surface area contributed by atoms with E-state index in [1.807, 2.05) is 6.07 Å². The zero-order valence-electron chi connectivity index (χ0n) is 9.77. The van der Waals surface area contributed by atoms with Gasteiger partial charge < -0.3 is 15.3 Å². The van der Waals surface area contributed by atoms with Crippen molar-refractivity contribution in [3.8, 4) is 0 Å². The molecule has 1 atom stereocenters. The van der Waals surface area contributed by atoms with Crippen LogP contribution in [0.4, 0.5) is 11.4 Å². The first-order valence-electron chi connectivity index (χ1n) is 5.90. The molecule has 2 aliphatic rings. The molecule has 0 aromatic heterocycles. The smallest absolute Gasteiger partial charge is 0.168 e. The van der Waals surface area contributed by atoms with E-state index >= 15 is 0 Å². The molecule has 0 amide bonds. The summed E-state index contributed by atoms with van der Waals surface area (Å²) >= 11 is 7.29. The molecule has 2 N–H and O–H groups in total. The summed E-state index contributed by atoms with van der Waals surface area (Å²) in [5, 5.41) is 13.7. The minimum absolute atomic E-state index is 0.247. The van der Waals surface area contributed by atoms with Crippen LogP contribution < -0.4 is 10.2 Å².